The summed E-state index contributed by atoms with van der Waals surface area (Å²) in [5.41, 5.74) is 1.49. The van der Waals surface area contributed by atoms with Gasteiger partial charge in [0.05, 0.1) is 14.2 Å². The number of hydrogen-bond acceptors (Lipinski definition) is 3. The molecule has 0 aliphatic rings. The summed E-state index contributed by atoms with van der Waals surface area (Å²) in [5.74, 6) is 1.69. The van der Waals surface area contributed by atoms with Gasteiger partial charge in [-0.15, -0.1) is 0 Å². The number of nitrogens with one attached hydrogen (secondary N) is 1. The molecule has 0 amide bonds. The third-order valence-electron chi connectivity index (χ3n) is 3.23. The summed E-state index contributed by atoms with van der Waals surface area (Å²) in [6, 6.07) is 6.43. The predicted molar refractivity (Wildman–Crippen MR) is 84.7 cm³/mol. The van der Waals surface area contributed by atoms with Crippen LogP contribution in [0.15, 0.2) is 18.2 Å². The van der Waals surface area contributed by atoms with Crippen LogP contribution >= 0.6 is 0 Å². The van der Waals surface area contributed by atoms with Gasteiger partial charge in [-0.2, -0.15) is 0 Å². The van der Waals surface area contributed by atoms with Gasteiger partial charge < -0.3 is 14.8 Å². The maximum absolute atomic E-state index is 5.37. The minimum absolute atomic E-state index is 0.266. The summed E-state index contributed by atoms with van der Waals surface area (Å²) in [5, 5.41) is 3.63. The van der Waals surface area contributed by atoms with Crippen LogP contribution in [0.25, 0.3) is 0 Å². The largest absolute Gasteiger partial charge is 0.497 e. The summed E-state index contributed by atoms with van der Waals surface area (Å²) >= 11 is 0. The van der Waals surface area contributed by atoms with Crippen LogP contribution < -0.4 is 14.8 Å². The molecule has 0 heterocycles. The van der Waals surface area contributed by atoms with Crippen molar-refractivity contribution in [2.75, 3.05) is 20.8 Å². The first-order chi connectivity index (χ1) is 9.39. The Balaban J connectivity index is 3.04. The van der Waals surface area contributed by atoms with Crippen LogP contribution in [0.1, 0.15) is 52.1 Å². The van der Waals surface area contributed by atoms with Crippen molar-refractivity contribution in [3.63, 3.8) is 0 Å². The fraction of sp³-hybridized carbons (Fsp3) is 0.647. The Bertz CT molecular complexity index is 388. The van der Waals surface area contributed by atoms with Gasteiger partial charge in [0.1, 0.15) is 11.5 Å². The molecule has 0 aliphatic heterocycles. The lowest BCUT2D eigenvalue weighted by molar-refractivity contribution is 0.310. The van der Waals surface area contributed by atoms with E-state index in [-0.39, 0.29) is 5.41 Å². The van der Waals surface area contributed by atoms with Crippen LogP contribution in [-0.2, 0) is 0 Å². The predicted octanol–water partition coefficient (Wildman–Crippen LogP) is 4.18. The molecule has 1 aromatic rings. The zero-order chi connectivity index (χ0) is 15.2. The van der Waals surface area contributed by atoms with Crippen molar-refractivity contribution in [2.24, 2.45) is 5.41 Å². The van der Waals surface area contributed by atoms with Crippen molar-refractivity contribution in [1.82, 2.24) is 5.32 Å². The van der Waals surface area contributed by atoms with Gasteiger partial charge in [-0.1, -0.05) is 27.7 Å². The highest BCUT2D eigenvalue weighted by Gasteiger charge is 2.21. The Morgan fingerprint density at radius 3 is 2.00 bits per heavy atom. The highest BCUT2D eigenvalue weighted by atomic mass is 16.5. The summed E-state index contributed by atoms with van der Waals surface area (Å²) in [6.07, 6.45) is 2.20. The quantitative estimate of drug-likeness (QED) is 0.812. The van der Waals surface area contributed by atoms with Gasteiger partial charge in [0.25, 0.3) is 0 Å². The van der Waals surface area contributed by atoms with Crippen molar-refractivity contribution in [3.05, 3.63) is 23.8 Å². The molecule has 1 aromatic carbocycles. The Morgan fingerprint density at radius 1 is 1.05 bits per heavy atom. The van der Waals surface area contributed by atoms with Gasteiger partial charge in [-0.3, -0.25) is 0 Å². The van der Waals surface area contributed by atoms with Gasteiger partial charge in [-0.05, 0) is 42.5 Å². The SMILES string of the molecule is CCCNC(CC(C)(C)C)c1cc(OC)cc(OC)c1. The zero-order valence-electron chi connectivity index (χ0n) is 13.7. The molecule has 20 heavy (non-hydrogen) atoms. The van der Waals surface area contributed by atoms with Crippen LogP contribution in [-0.4, -0.2) is 20.8 Å². The van der Waals surface area contributed by atoms with Gasteiger partial charge in [0.15, 0.2) is 0 Å². The first-order valence-electron chi connectivity index (χ1n) is 7.36. The molecule has 0 spiro atoms. The lowest BCUT2D eigenvalue weighted by atomic mass is 9.85. The third kappa shape index (κ3) is 5.41. The van der Waals surface area contributed by atoms with E-state index in [1.165, 1.54) is 5.56 Å². The smallest absolute Gasteiger partial charge is 0.122 e. The average Bonchev–Trinajstić information content (AvgIpc) is 2.41. The maximum Gasteiger partial charge on any atom is 0.122 e. The molecule has 1 N–H and O–H groups in total. The maximum atomic E-state index is 5.37. The van der Waals surface area contributed by atoms with E-state index >= 15 is 0 Å². The van der Waals surface area contributed by atoms with Crippen molar-refractivity contribution in [1.29, 1.82) is 0 Å². The van der Waals surface area contributed by atoms with Gasteiger partial charge in [-0.25, -0.2) is 0 Å². The summed E-state index contributed by atoms with van der Waals surface area (Å²) in [7, 11) is 3.38. The fourth-order valence-electron chi connectivity index (χ4n) is 2.27. The van der Waals surface area contributed by atoms with Gasteiger partial charge in [0, 0.05) is 12.1 Å². The van der Waals surface area contributed by atoms with E-state index in [4.69, 9.17) is 9.47 Å². The first kappa shape index (κ1) is 16.8. The molecule has 1 rings (SSSR count). The van der Waals surface area contributed by atoms with Crippen molar-refractivity contribution in [2.45, 2.75) is 46.6 Å². The second-order valence-electron chi connectivity index (χ2n) is 6.42. The molecule has 1 atom stereocenters. The van der Waals surface area contributed by atoms with E-state index in [0.29, 0.717) is 6.04 Å². The molecule has 3 nitrogen and oxygen atoms in total. The molecule has 0 aromatic heterocycles. The van der Waals surface area contributed by atoms with E-state index < -0.39 is 0 Å². The molecule has 114 valence electrons. The standard InChI is InChI=1S/C17H29NO2/c1-7-8-18-16(12-17(2,3)4)13-9-14(19-5)11-15(10-13)20-6/h9-11,16,18H,7-8,12H2,1-6H3. The molecule has 0 saturated heterocycles. The van der Waals surface area contributed by atoms with Crippen LogP contribution in [0.5, 0.6) is 11.5 Å². The summed E-state index contributed by atoms with van der Waals surface area (Å²) < 4.78 is 10.7. The Kier molecular flexibility index (Phi) is 6.34. The highest BCUT2D eigenvalue weighted by Crippen LogP contribution is 2.33. The number of methoxy groups -OCH3 is 2. The fourth-order valence-corrected chi connectivity index (χ4v) is 2.27. The zero-order valence-corrected chi connectivity index (χ0v) is 13.7. The van der Waals surface area contributed by atoms with Crippen molar-refractivity contribution >= 4 is 0 Å². The molecule has 0 aliphatic carbocycles. The van der Waals surface area contributed by atoms with E-state index in [1.807, 2.05) is 6.07 Å². The monoisotopic (exact) mass is 279 g/mol. The molecular weight excluding hydrogens is 250 g/mol. The Morgan fingerprint density at radius 2 is 1.60 bits per heavy atom. The van der Waals surface area contributed by atoms with Crippen LogP contribution in [0, 0.1) is 5.41 Å². The van der Waals surface area contributed by atoms with Gasteiger partial charge >= 0.3 is 0 Å². The van der Waals surface area contributed by atoms with Crippen molar-refractivity contribution < 1.29 is 9.47 Å². The molecular formula is C17H29NO2. The Labute approximate surface area is 123 Å². The lowest BCUT2D eigenvalue weighted by Gasteiger charge is -2.28. The molecule has 3 heteroatoms. The minimum atomic E-state index is 0.266. The second-order valence-corrected chi connectivity index (χ2v) is 6.42. The lowest BCUT2D eigenvalue weighted by Crippen LogP contribution is -2.26. The minimum Gasteiger partial charge on any atom is -0.497 e. The molecule has 0 fully saturated rings. The van der Waals surface area contributed by atoms with E-state index in [1.54, 1.807) is 14.2 Å². The van der Waals surface area contributed by atoms with Crippen LogP contribution in [0.4, 0.5) is 0 Å². The summed E-state index contributed by atoms with van der Waals surface area (Å²) in [4.78, 5) is 0. The number of rotatable bonds is 7. The van der Waals surface area contributed by atoms with E-state index in [2.05, 4.69) is 45.1 Å². The van der Waals surface area contributed by atoms with Gasteiger partial charge in [0.2, 0.25) is 0 Å². The summed E-state index contributed by atoms with van der Waals surface area (Å²) in [6.45, 7) is 10.0. The number of ether oxygens (including phenoxy) is 2. The molecule has 0 saturated carbocycles. The molecule has 0 radical (unpaired) electrons. The van der Waals surface area contributed by atoms with E-state index in [0.717, 1.165) is 30.9 Å². The highest BCUT2D eigenvalue weighted by molar-refractivity contribution is 5.40. The normalized spacial score (nSPS) is 13.1. The molecule has 1 unspecified atom stereocenters. The van der Waals surface area contributed by atoms with Crippen LogP contribution in [0.3, 0.4) is 0 Å². The molecule has 0 bridgehead atoms. The first-order valence-corrected chi connectivity index (χ1v) is 7.36. The topological polar surface area (TPSA) is 30.5 Å². The van der Waals surface area contributed by atoms with Crippen molar-refractivity contribution in [3.8, 4) is 11.5 Å². The number of hydrogen-bond donors (Lipinski definition) is 1. The van der Waals surface area contributed by atoms with Crippen LogP contribution in [0.2, 0.25) is 0 Å². The average molecular weight is 279 g/mol. The number of benzene rings is 1. The third-order valence-corrected chi connectivity index (χ3v) is 3.23. The Hall–Kier alpha value is -1.22. The second kappa shape index (κ2) is 7.53. The van der Waals surface area contributed by atoms with E-state index in [9.17, 15) is 0 Å².